The third-order valence-corrected chi connectivity index (χ3v) is 4.51. The minimum Gasteiger partial charge on any atom is -0.481 e. The van der Waals surface area contributed by atoms with E-state index in [4.69, 9.17) is 9.84 Å². The number of anilines is 1. The summed E-state index contributed by atoms with van der Waals surface area (Å²) in [7, 11) is 0. The number of morpholine rings is 1. The van der Waals surface area contributed by atoms with Crippen molar-refractivity contribution < 1.29 is 14.6 Å². The minimum absolute atomic E-state index is 0.0184. The normalized spacial score (nSPS) is 24.2. The number of hydrogen-bond donors (Lipinski definition) is 1. The first kappa shape index (κ1) is 13.6. The van der Waals surface area contributed by atoms with Crippen LogP contribution >= 0.6 is 23.1 Å². The van der Waals surface area contributed by atoms with Crippen molar-refractivity contribution in [1.29, 1.82) is 0 Å². The summed E-state index contributed by atoms with van der Waals surface area (Å²) >= 11 is 2.64. The standard InChI is InChI=1S/C10H15N3O3S2/c1-6-3-13(4-7(2)16-6)9-11-12-10(18-9)17-5-8(14)15/h6-7H,3-5H2,1-2H3,(H,14,15)/t6-,7+. The van der Waals surface area contributed by atoms with Crippen molar-refractivity contribution in [2.24, 2.45) is 0 Å². The first-order valence-electron chi connectivity index (χ1n) is 5.63. The van der Waals surface area contributed by atoms with Gasteiger partial charge in [-0.25, -0.2) is 0 Å². The molecule has 0 aliphatic carbocycles. The molecule has 0 radical (unpaired) electrons. The molecule has 2 atom stereocenters. The third kappa shape index (κ3) is 3.56. The van der Waals surface area contributed by atoms with Crippen LogP contribution in [0.1, 0.15) is 13.8 Å². The van der Waals surface area contributed by atoms with Gasteiger partial charge in [0.15, 0.2) is 4.34 Å². The fraction of sp³-hybridized carbons (Fsp3) is 0.700. The van der Waals surface area contributed by atoms with Crippen LogP contribution in [-0.2, 0) is 9.53 Å². The number of ether oxygens (including phenoxy) is 1. The number of hydrogen-bond acceptors (Lipinski definition) is 7. The SMILES string of the molecule is C[C@@H]1CN(c2nnc(SCC(=O)O)s2)C[C@H](C)O1. The van der Waals surface area contributed by atoms with Crippen LogP contribution in [0.4, 0.5) is 5.13 Å². The minimum atomic E-state index is -0.842. The summed E-state index contributed by atoms with van der Waals surface area (Å²) in [6.45, 7) is 5.65. The van der Waals surface area contributed by atoms with E-state index in [0.29, 0.717) is 4.34 Å². The number of nitrogens with zero attached hydrogens (tertiary/aromatic N) is 3. The van der Waals surface area contributed by atoms with Crippen LogP contribution in [0.15, 0.2) is 4.34 Å². The van der Waals surface area contributed by atoms with Crippen LogP contribution in [0.3, 0.4) is 0 Å². The molecule has 1 saturated heterocycles. The van der Waals surface area contributed by atoms with Crippen LogP contribution in [-0.4, -0.2) is 52.3 Å². The lowest BCUT2D eigenvalue weighted by Gasteiger charge is -2.34. The van der Waals surface area contributed by atoms with Crippen LogP contribution in [0.25, 0.3) is 0 Å². The third-order valence-electron chi connectivity index (χ3n) is 2.41. The summed E-state index contributed by atoms with van der Waals surface area (Å²) in [5.41, 5.74) is 0. The molecule has 0 saturated carbocycles. The Kier molecular flexibility index (Phi) is 4.41. The zero-order valence-corrected chi connectivity index (χ0v) is 11.8. The second-order valence-electron chi connectivity index (χ2n) is 4.20. The lowest BCUT2D eigenvalue weighted by Crippen LogP contribution is -2.45. The lowest BCUT2D eigenvalue weighted by atomic mass is 10.2. The number of carboxylic acids is 1. The Morgan fingerprint density at radius 2 is 2.17 bits per heavy atom. The molecule has 0 amide bonds. The van der Waals surface area contributed by atoms with Gasteiger partial charge in [-0.1, -0.05) is 23.1 Å². The Morgan fingerprint density at radius 1 is 1.50 bits per heavy atom. The van der Waals surface area contributed by atoms with Crippen molar-refractivity contribution in [1.82, 2.24) is 10.2 Å². The Morgan fingerprint density at radius 3 is 2.78 bits per heavy atom. The van der Waals surface area contributed by atoms with Gasteiger partial charge in [-0.15, -0.1) is 10.2 Å². The van der Waals surface area contributed by atoms with E-state index in [-0.39, 0.29) is 18.0 Å². The maximum Gasteiger partial charge on any atom is 0.313 e. The average molecular weight is 289 g/mol. The first-order valence-corrected chi connectivity index (χ1v) is 7.43. The van der Waals surface area contributed by atoms with E-state index in [1.54, 1.807) is 0 Å². The lowest BCUT2D eigenvalue weighted by molar-refractivity contribution is -0.133. The smallest absolute Gasteiger partial charge is 0.313 e. The molecule has 0 unspecified atom stereocenters. The van der Waals surface area contributed by atoms with E-state index in [1.165, 1.54) is 23.1 Å². The number of rotatable bonds is 4. The highest BCUT2D eigenvalue weighted by atomic mass is 32.2. The zero-order valence-electron chi connectivity index (χ0n) is 10.2. The highest BCUT2D eigenvalue weighted by molar-refractivity contribution is 8.01. The quantitative estimate of drug-likeness (QED) is 0.838. The summed E-state index contributed by atoms with van der Waals surface area (Å²) in [5.74, 6) is -0.824. The molecule has 1 N–H and O–H groups in total. The molecule has 100 valence electrons. The second-order valence-corrected chi connectivity index (χ2v) is 6.37. The number of carboxylic acid groups (broad SMARTS) is 1. The Bertz CT molecular complexity index is 416. The fourth-order valence-electron chi connectivity index (χ4n) is 1.85. The van der Waals surface area contributed by atoms with Gasteiger partial charge in [-0.3, -0.25) is 4.79 Å². The Labute approximate surface area is 113 Å². The zero-order chi connectivity index (χ0) is 13.1. The summed E-state index contributed by atoms with van der Waals surface area (Å²) < 4.78 is 6.35. The molecule has 1 aliphatic heterocycles. The van der Waals surface area contributed by atoms with Gasteiger partial charge in [-0.05, 0) is 13.8 Å². The largest absolute Gasteiger partial charge is 0.481 e. The van der Waals surface area contributed by atoms with Crippen molar-refractivity contribution in [2.45, 2.75) is 30.4 Å². The van der Waals surface area contributed by atoms with Crippen LogP contribution in [0, 0.1) is 0 Å². The maximum atomic E-state index is 10.5. The molecule has 0 bridgehead atoms. The van der Waals surface area contributed by atoms with E-state index in [1.807, 2.05) is 13.8 Å². The van der Waals surface area contributed by atoms with Gasteiger partial charge in [0, 0.05) is 13.1 Å². The topological polar surface area (TPSA) is 75.6 Å². The molecule has 1 fully saturated rings. The monoisotopic (exact) mass is 289 g/mol. The molecule has 8 heteroatoms. The van der Waals surface area contributed by atoms with Crippen molar-refractivity contribution in [2.75, 3.05) is 23.7 Å². The van der Waals surface area contributed by atoms with Crippen LogP contribution in [0.5, 0.6) is 0 Å². The van der Waals surface area contributed by atoms with Crippen molar-refractivity contribution in [3.63, 3.8) is 0 Å². The van der Waals surface area contributed by atoms with Gasteiger partial charge >= 0.3 is 5.97 Å². The van der Waals surface area contributed by atoms with Gasteiger partial charge in [0.25, 0.3) is 0 Å². The van der Waals surface area contributed by atoms with Gasteiger partial charge in [-0.2, -0.15) is 0 Å². The molecular weight excluding hydrogens is 274 g/mol. The van der Waals surface area contributed by atoms with E-state index in [2.05, 4.69) is 15.1 Å². The van der Waals surface area contributed by atoms with Crippen molar-refractivity contribution in [3.05, 3.63) is 0 Å². The van der Waals surface area contributed by atoms with E-state index in [9.17, 15) is 4.79 Å². The highest BCUT2D eigenvalue weighted by Crippen LogP contribution is 2.29. The molecule has 1 aromatic heterocycles. The van der Waals surface area contributed by atoms with Crippen molar-refractivity contribution in [3.8, 4) is 0 Å². The first-order chi connectivity index (χ1) is 8.54. The molecule has 0 aromatic carbocycles. The van der Waals surface area contributed by atoms with Crippen LogP contribution < -0.4 is 4.90 Å². The molecule has 2 heterocycles. The summed E-state index contributed by atoms with van der Waals surface area (Å²) in [5, 5.41) is 17.6. The summed E-state index contributed by atoms with van der Waals surface area (Å²) in [6, 6.07) is 0. The Hall–Kier alpha value is -0.860. The van der Waals surface area contributed by atoms with Gasteiger partial charge in [0.2, 0.25) is 5.13 Å². The second kappa shape index (κ2) is 5.85. The van der Waals surface area contributed by atoms with E-state index >= 15 is 0 Å². The average Bonchev–Trinajstić information content (AvgIpc) is 2.73. The van der Waals surface area contributed by atoms with Crippen LogP contribution in [0.2, 0.25) is 0 Å². The summed E-state index contributed by atoms with van der Waals surface area (Å²) in [4.78, 5) is 12.6. The molecule has 2 rings (SSSR count). The molecule has 1 aromatic rings. The van der Waals surface area contributed by atoms with Gasteiger partial charge in [0.05, 0.1) is 18.0 Å². The number of aliphatic carboxylic acids is 1. The fourth-order valence-corrected chi connectivity index (χ4v) is 3.43. The van der Waals surface area contributed by atoms with Gasteiger partial charge in [0.1, 0.15) is 0 Å². The maximum absolute atomic E-state index is 10.5. The van der Waals surface area contributed by atoms with E-state index < -0.39 is 5.97 Å². The molecular formula is C10H15N3O3S2. The molecule has 18 heavy (non-hydrogen) atoms. The Balaban J connectivity index is 1.98. The number of carbonyl (C=O) groups is 1. The molecule has 0 spiro atoms. The highest BCUT2D eigenvalue weighted by Gasteiger charge is 2.24. The predicted molar refractivity (Wildman–Crippen MR) is 70.5 cm³/mol. The van der Waals surface area contributed by atoms with Crippen molar-refractivity contribution >= 4 is 34.2 Å². The molecule has 6 nitrogen and oxygen atoms in total. The van der Waals surface area contributed by atoms with Gasteiger partial charge < -0.3 is 14.7 Å². The van der Waals surface area contributed by atoms with E-state index in [0.717, 1.165) is 18.2 Å². The predicted octanol–water partition coefficient (Wildman–Crippen LogP) is 1.33. The number of thioether (sulfide) groups is 1. The number of aromatic nitrogens is 2. The summed E-state index contributed by atoms with van der Waals surface area (Å²) in [6.07, 6.45) is 0.348. The molecule has 1 aliphatic rings.